The SMILES string of the molecule is CCCCCCCC/C=C/CCCCCCCC(CC(=O)NC(CO)C(O)CCCCCCCCCCCCCCCC)OC(=O)CCCCCCCCCCCCCCC. The van der Waals surface area contributed by atoms with Crippen molar-refractivity contribution in [3.8, 4) is 0 Å². The van der Waals surface area contributed by atoms with Crippen molar-refractivity contribution >= 4 is 11.9 Å². The van der Waals surface area contributed by atoms with Gasteiger partial charge in [0, 0.05) is 6.42 Å². The molecule has 0 aliphatic rings. The molecule has 3 unspecified atom stereocenters. The molecular weight excluding hydrogens is 755 g/mol. The zero-order valence-corrected chi connectivity index (χ0v) is 41.3. The van der Waals surface area contributed by atoms with E-state index in [2.05, 4.69) is 38.2 Å². The largest absolute Gasteiger partial charge is 0.462 e. The number of ether oxygens (including phenoxy) is 1. The van der Waals surface area contributed by atoms with Crippen LogP contribution in [0.15, 0.2) is 12.2 Å². The summed E-state index contributed by atoms with van der Waals surface area (Å²) in [5.41, 5.74) is 0. The van der Waals surface area contributed by atoms with Gasteiger partial charge >= 0.3 is 5.97 Å². The highest BCUT2D eigenvalue weighted by Gasteiger charge is 2.24. The maximum atomic E-state index is 13.2. The Labute approximate surface area is 380 Å². The minimum absolute atomic E-state index is 0.0792. The Morgan fingerprint density at radius 2 is 0.787 bits per heavy atom. The first-order chi connectivity index (χ1) is 30.0. The van der Waals surface area contributed by atoms with Crippen LogP contribution in [-0.2, 0) is 14.3 Å². The van der Waals surface area contributed by atoms with Gasteiger partial charge in [-0.2, -0.15) is 0 Å². The first-order valence-electron chi connectivity index (χ1n) is 27.4. The van der Waals surface area contributed by atoms with Crippen molar-refractivity contribution in [2.75, 3.05) is 6.61 Å². The molecule has 0 aromatic rings. The highest BCUT2D eigenvalue weighted by molar-refractivity contribution is 5.77. The van der Waals surface area contributed by atoms with Crippen LogP contribution in [0.25, 0.3) is 0 Å². The quantitative estimate of drug-likeness (QED) is 0.0322. The Morgan fingerprint density at radius 3 is 1.16 bits per heavy atom. The van der Waals surface area contributed by atoms with Crippen LogP contribution in [0.3, 0.4) is 0 Å². The zero-order valence-electron chi connectivity index (χ0n) is 41.3. The number of hydrogen-bond acceptors (Lipinski definition) is 5. The minimum atomic E-state index is -0.784. The fraction of sp³-hybridized carbons (Fsp3) is 0.927. The summed E-state index contributed by atoms with van der Waals surface area (Å²) in [6, 6.07) is -0.698. The first kappa shape index (κ1) is 59.6. The second-order valence-corrected chi connectivity index (χ2v) is 19.0. The summed E-state index contributed by atoms with van der Waals surface area (Å²) in [6.45, 7) is 6.51. The molecule has 3 N–H and O–H groups in total. The molecule has 362 valence electrons. The zero-order chi connectivity index (χ0) is 44.5. The van der Waals surface area contributed by atoms with E-state index in [9.17, 15) is 19.8 Å². The lowest BCUT2D eigenvalue weighted by Crippen LogP contribution is -2.46. The van der Waals surface area contributed by atoms with Gasteiger partial charge in [0.15, 0.2) is 0 Å². The topological polar surface area (TPSA) is 95.9 Å². The van der Waals surface area contributed by atoms with Gasteiger partial charge in [-0.05, 0) is 51.4 Å². The molecule has 0 saturated carbocycles. The Balaban J connectivity index is 4.54. The maximum absolute atomic E-state index is 13.2. The number of nitrogens with one attached hydrogen (secondary N) is 1. The third kappa shape index (κ3) is 45.0. The third-order valence-corrected chi connectivity index (χ3v) is 12.8. The second kappa shape index (κ2) is 49.6. The van der Waals surface area contributed by atoms with Crippen LogP contribution in [0.1, 0.15) is 303 Å². The van der Waals surface area contributed by atoms with Gasteiger partial charge in [0.2, 0.25) is 5.91 Å². The molecule has 0 aliphatic heterocycles. The number of esters is 1. The van der Waals surface area contributed by atoms with Crippen molar-refractivity contribution in [2.24, 2.45) is 0 Å². The van der Waals surface area contributed by atoms with E-state index in [-0.39, 0.29) is 24.9 Å². The summed E-state index contributed by atoms with van der Waals surface area (Å²) in [5.74, 6) is -0.462. The number of unbranched alkanes of at least 4 members (excludes halogenated alkanes) is 36. The van der Waals surface area contributed by atoms with Gasteiger partial charge in [-0.1, -0.05) is 251 Å². The van der Waals surface area contributed by atoms with E-state index in [0.717, 1.165) is 57.8 Å². The number of aliphatic hydroxyl groups is 2. The van der Waals surface area contributed by atoms with E-state index in [1.54, 1.807) is 0 Å². The van der Waals surface area contributed by atoms with E-state index < -0.39 is 18.2 Å². The van der Waals surface area contributed by atoms with Crippen molar-refractivity contribution in [2.45, 2.75) is 322 Å². The summed E-state index contributed by atoms with van der Waals surface area (Å²) in [7, 11) is 0. The second-order valence-electron chi connectivity index (χ2n) is 19.0. The summed E-state index contributed by atoms with van der Waals surface area (Å²) in [4.78, 5) is 26.2. The number of allylic oxidation sites excluding steroid dienone is 2. The van der Waals surface area contributed by atoms with Crippen molar-refractivity contribution in [1.82, 2.24) is 5.32 Å². The van der Waals surface area contributed by atoms with Gasteiger partial charge in [-0.25, -0.2) is 0 Å². The van der Waals surface area contributed by atoms with Gasteiger partial charge < -0.3 is 20.3 Å². The minimum Gasteiger partial charge on any atom is -0.462 e. The van der Waals surface area contributed by atoms with Crippen LogP contribution in [0.2, 0.25) is 0 Å². The van der Waals surface area contributed by atoms with Crippen molar-refractivity contribution in [1.29, 1.82) is 0 Å². The van der Waals surface area contributed by atoms with Crippen LogP contribution in [-0.4, -0.2) is 46.9 Å². The lowest BCUT2D eigenvalue weighted by molar-refractivity contribution is -0.151. The molecule has 0 spiro atoms. The lowest BCUT2D eigenvalue weighted by Gasteiger charge is -2.24. The normalized spacial score (nSPS) is 13.2. The predicted molar refractivity (Wildman–Crippen MR) is 264 cm³/mol. The van der Waals surface area contributed by atoms with Gasteiger partial charge in [-0.15, -0.1) is 0 Å². The highest BCUT2D eigenvalue weighted by Crippen LogP contribution is 2.18. The van der Waals surface area contributed by atoms with Gasteiger partial charge in [-0.3, -0.25) is 9.59 Å². The van der Waals surface area contributed by atoms with E-state index in [1.165, 1.54) is 199 Å². The molecule has 6 heteroatoms. The Bertz CT molecular complexity index is 924. The van der Waals surface area contributed by atoms with Gasteiger partial charge in [0.05, 0.1) is 25.2 Å². The van der Waals surface area contributed by atoms with E-state index >= 15 is 0 Å². The average Bonchev–Trinajstić information content (AvgIpc) is 3.25. The molecular formula is C55H107NO5. The van der Waals surface area contributed by atoms with Crippen LogP contribution in [0, 0.1) is 0 Å². The number of hydrogen-bond donors (Lipinski definition) is 3. The van der Waals surface area contributed by atoms with Crippen molar-refractivity contribution in [3.05, 3.63) is 12.2 Å². The standard InChI is InChI=1S/C55H107NO5/c1-4-7-10-13-16-19-22-25-27-29-31-34-37-40-43-46-51(61-55(60)48-45-42-39-36-33-28-24-21-18-15-12-9-6-3)49-54(59)56-52(50-57)53(58)47-44-41-38-35-32-30-26-23-20-17-14-11-8-5-2/h25,27,51-53,57-58H,4-24,26,28-50H2,1-3H3,(H,56,59)/b27-25+. The Hall–Kier alpha value is -1.40. The molecule has 0 saturated heterocycles. The lowest BCUT2D eigenvalue weighted by atomic mass is 10.0. The number of rotatable bonds is 50. The fourth-order valence-corrected chi connectivity index (χ4v) is 8.66. The molecule has 3 atom stereocenters. The predicted octanol–water partition coefficient (Wildman–Crippen LogP) is 16.5. The van der Waals surface area contributed by atoms with Gasteiger partial charge in [0.1, 0.15) is 6.10 Å². The Morgan fingerprint density at radius 1 is 0.459 bits per heavy atom. The third-order valence-electron chi connectivity index (χ3n) is 12.8. The van der Waals surface area contributed by atoms with Crippen LogP contribution in [0.5, 0.6) is 0 Å². The molecule has 0 heterocycles. The number of aliphatic hydroxyl groups excluding tert-OH is 2. The number of carbonyl (C=O) groups is 2. The van der Waals surface area contributed by atoms with Crippen molar-refractivity contribution in [3.63, 3.8) is 0 Å². The molecule has 61 heavy (non-hydrogen) atoms. The summed E-state index contributed by atoms with van der Waals surface area (Å²) in [5, 5.41) is 23.8. The smallest absolute Gasteiger partial charge is 0.306 e. The first-order valence-corrected chi connectivity index (χ1v) is 27.4. The molecule has 0 fully saturated rings. The molecule has 0 aromatic heterocycles. The molecule has 1 amide bonds. The number of carbonyl (C=O) groups excluding carboxylic acids is 2. The molecule has 0 bridgehead atoms. The summed E-state index contributed by atoms with van der Waals surface area (Å²) in [6.07, 6.45) is 55.5. The summed E-state index contributed by atoms with van der Waals surface area (Å²) >= 11 is 0. The molecule has 0 aromatic carbocycles. The molecule has 6 nitrogen and oxygen atoms in total. The monoisotopic (exact) mass is 862 g/mol. The average molecular weight is 862 g/mol. The van der Waals surface area contributed by atoms with Crippen molar-refractivity contribution < 1.29 is 24.5 Å². The molecule has 0 rings (SSSR count). The summed E-state index contributed by atoms with van der Waals surface area (Å²) < 4.78 is 5.95. The number of amides is 1. The fourth-order valence-electron chi connectivity index (χ4n) is 8.66. The Kier molecular flexibility index (Phi) is 48.5. The van der Waals surface area contributed by atoms with E-state index in [0.29, 0.717) is 19.3 Å². The molecule has 0 aliphatic carbocycles. The van der Waals surface area contributed by atoms with Gasteiger partial charge in [0.25, 0.3) is 0 Å². The van der Waals surface area contributed by atoms with E-state index in [4.69, 9.17) is 4.74 Å². The van der Waals surface area contributed by atoms with Crippen LogP contribution >= 0.6 is 0 Å². The van der Waals surface area contributed by atoms with Crippen LogP contribution < -0.4 is 5.32 Å². The molecule has 0 radical (unpaired) electrons. The van der Waals surface area contributed by atoms with Crippen LogP contribution in [0.4, 0.5) is 0 Å². The maximum Gasteiger partial charge on any atom is 0.306 e. The highest BCUT2D eigenvalue weighted by atomic mass is 16.5. The van der Waals surface area contributed by atoms with E-state index in [1.807, 2.05) is 0 Å².